The molecule has 0 aromatic heterocycles. The van der Waals surface area contributed by atoms with Gasteiger partial charge in [0.1, 0.15) is 0 Å². The normalized spacial score (nSPS) is 17.8. The van der Waals surface area contributed by atoms with Gasteiger partial charge in [0.25, 0.3) is 11.8 Å². The van der Waals surface area contributed by atoms with Crippen LogP contribution in [0.2, 0.25) is 0 Å². The first-order valence-electron chi connectivity index (χ1n) is 8.16. The summed E-state index contributed by atoms with van der Waals surface area (Å²) in [6.07, 6.45) is 3.12. The van der Waals surface area contributed by atoms with E-state index in [1.165, 1.54) is 16.0 Å². The second-order valence-electron chi connectivity index (χ2n) is 6.15. The fraction of sp³-hybridized carbons (Fsp3) is 0.200. The molecule has 120 valence electrons. The lowest BCUT2D eigenvalue weighted by Gasteiger charge is -2.29. The molecule has 2 aromatic carbocycles. The molecular weight excluding hydrogens is 300 g/mol. The summed E-state index contributed by atoms with van der Waals surface area (Å²) >= 11 is 0. The molecule has 4 heteroatoms. The van der Waals surface area contributed by atoms with Gasteiger partial charge in [-0.2, -0.15) is 0 Å². The summed E-state index contributed by atoms with van der Waals surface area (Å²) in [4.78, 5) is 28.3. The molecule has 2 heterocycles. The number of imide groups is 1. The standard InChI is InChI=1S/C20H18N2O2/c23-19-17-8-4-5-9-18(17)20(24)22(19)14-21-12-10-16(11-13-21)15-6-2-1-3-7-15/h1-10H,11-14H2. The maximum Gasteiger partial charge on any atom is 0.262 e. The molecule has 24 heavy (non-hydrogen) atoms. The molecular formula is C20H18N2O2. The second-order valence-corrected chi connectivity index (χ2v) is 6.15. The molecule has 4 nitrogen and oxygen atoms in total. The highest BCUT2D eigenvalue weighted by Crippen LogP contribution is 2.25. The fourth-order valence-corrected chi connectivity index (χ4v) is 3.32. The van der Waals surface area contributed by atoms with Crippen molar-refractivity contribution in [1.29, 1.82) is 0 Å². The van der Waals surface area contributed by atoms with Crippen LogP contribution in [0.15, 0.2) is 60.7 Å². The third-order valence-electron chi connectivity index (χ3n) is 4.66. The Kier molecular flexibility index (Phi) is 3.75. The van der Waals surface area contributed by atoms with Crippen molar-refractivity contribution < 1.29 is 9.59 Å². The molecule has 0 atom stereocenters. The number of carbonyl (C=O) groups excluding carboxylic acids is 2. The zero-order valence-corrected chi connectivity index (χ0v) is 13.3. The van der Waals surface area contributed by atoms with Crippen LogP contribution in [0.1, 0.15) is 32.7 Å². The molecule has 0 spiro atoms. The Morgan fingerprint density at radius 2 is 1.46 bits per heavy atom. The van der Waals surface area contributed by atoms with Gasteiger partial charge in [0, 0.05) is 13.1 Å². The molecule has 2 amide bonds. The van der Waals surface area contributed by atoms with Gasteiger partial charge in [-0.3, -0.25) is 19.4 Å². The zero-order chi connectivity index (χ0) is 16.5. The van der Waals surface area contributed by atoms with Crippen molar-refractivity contribution in [3.05, 3.63) is 77.4 Å². The van der Waals surface area contributed by atoms with Crippen LogP contribution in [-0.4, -0.2) is 41.4 Å². The summed E-state index contributed by atoms with van der Waals surface area (Å²) < 4.78 is 0. The molecule has 0 bridgehead atoms. The average molecular weight is 318 g/mol. The van der Waals surface area contributed by atoms with Crippen LogP contribution < -0.4 is 0 Å². The number of hydrogen-bond acceptors (Lipinski definition) is 3. The van der Waals surface area contributed by atoms with Crippen LogP contribution in [0.3, 0.4) is 0 Å². The smallest absolute Gasteiger partial charge is 0.262 e. The van der Waals surface area contributed by atoms with E-state index in [0.717, 1.165) is 19.5 Å². The monoisotopic (exact) mass is 318 g/mol. The first kappa shape index (κ1) is 14.8. The minimum atomic E-state index is -0.187. The van der Waals surface area contributed by atoms with E-state index in [4.69, 9.17) is 0 Å². The summed E-state index contributed by atoms with van der Waals surface area (Å²) in [6.45, 7) is 1.94. The quantitative estimate of drug-likeness (QED) is 0.817. The lowest BCUT2D eigenvalue weighted by molar-refractivity contribution is 0.0552. The first-order chi connectivity index (χ1) is 11.7. The molecule has 0 N–H and O–H groups in total. The fourth-order valence-electron chi connectivity index (χ4n) is 3.32. The highest BCUT2D eigenvalue weighted by atomic mass is 16.2. The Bertz CT molecular complexity index is 792. The van der Waals surface area contributed by atoms with Crippen molar-refractivity contribution in [3.63, 3.8) is 0 Å². The van der Waals surface area contributed by atoms with Gasteiger partial charge in [0.2, 0.25) is 0 Å². The van der Waals surface area contributed by atoms with Crippen LogP contribution in [0.5, 0.6) is 0 Å². The van der Waals surface area contributed by atoms with Gasteiger partial charge in [-0.25, -0.2) is 0 Å². The Morgan fingerprint density at radius 3 is 2.04 bits per heavy atom. The van der Waals surface area contributed by atoms with Crippen molar-refractivity contribution >= 4 is 17.4 Å². The minimum Gasteiger partial charge on any atom is -0.281 e. The number of benzene rings is 2. The van der Waals surface area contributed by atoms with E-state index in [0.29, 0.717) is 17.8 Å². The summed E-state index contributed by atoms with van der Waals surface area (Å²) in [5.41, 5.74) is 3.60. The van der Waals surface area contributed by atoms with Gasteiger partial charge < -0.3 is 0 Å². The molecule has 2 aromatic rings. The number of hydrogen-bond donors (Lipinski definition) is 0. The van der Waals surface area contributed by atoms with E-state index in [1.54, 1.807) is 24.3 Å². The van der Waals surface area contributed by atoms with Gasteiger partial charge in [0.05, 0.1) is 17.8 Å². The molecule has 0 unspecified atom stereocenters. The lowest BCUT2D eigenvalue weighted by Crippen LogP contribution is -2.42. The van der Waals surface area contributed by atoms with Crippen molar-refractivity contribution in [2.24, 2.45) is 0 Å². The van der Waals surface area contributed by atoms with E-state index < -0.39 is 0 Å². The molecule has 0 saturated carbocycles. The Balaban J connectivity index is 1.46. The predicted molar refractivity (Wildman–Crippen MR) is 92.4 cm³/mol. The topological polar surface area (TPSA) is 40.6 Å². The lowest BCUT2D eigenvalue weighted by atomic mass is 10.00. The number of amides is 2. The maximum atomic E-state index is 12.4. The van der Waals surface area contributed by atoms with Gasteiger partial charge in [-0.1, -0.05) is 48.5 Å². The average Bonchev–Trinajstić information content (AvgIpc) is 2.88. The van der Waals surface area contributed by atoms with Crippen molar-refractivity contribution in [2.75, 3.05) is 19.8 Å². The maximum absolute atomic E-state index is 12.4. The largest absolute Gasteiger partial charge is 0.281 e. The molecule has 0 radical (unpaired) electrons. The molecule has 0 aliphatic carbocycles. The van der Waals surface area contributed by atoms with E-state index in [2.05, 4.69) is 23.1 Å². The van der Waals surface area contributed by atoms with Crippen molar-refractivity contribution in [2.45, 2.75) is 6.42 Å². The molecule has 0 saturated heterocycles. The summed E-state index contributed by atoms with van der Waals surface area (Å²) in [6, 6.07) is 17.4. The second kappa shape index (κ2) is 6.06. The molecule has 2 aliphatic rings. The number of rotatable bonds is 3. The number of carbonyl (C=O) groups is 2. The van der Waals surface area contributed by atoms with Crippen LogP contribution in [0, 0.1) is 0 Å². The summed E-state index contributed by atoms with van der Waals surface area (Å²) in [5.74, 6) is -0.373. The van der Waals surface area contributed by atoms with E-state index in [-0.39, 0.29) is 11.8 Å². The van der Waals surface area contributed by atoms with Crippen LogP contribution in [0.25, 0.3) is 5.57 Å². The molecule has 4 rings (SSSR count). The van der Waals surface area contributed by atoms with E-state index in [9.17, 15) is 9.59 Å². The first-order valence-corrected chi connectivity index (χ1v) is 8.16. The molecule has 0 fully saturated rings. The summed E-state index contributed by atoms with van der Waals surface area (Å²) in [7, 11) is 0. The summed E-state index contributed by atoms with van der Waals surface area (Å²) in [5, 5.41) is 0. The third kappa shape index (κ3) is 2.55. The van der Waals surface area contributed by atoms with Gasteiger partial charge in [-0.05, 0) is 29.7 Å². The van der Waals surface area contributed by atoms with Crippen molar-refractivity contribution in [1.82, 2.24) is 9.80 Å². The van der Waals surface area contributed by atoms with E-state index in [1.807, 2.05) is 18.2 Å². The molecule has 2 aliphatic heterocycles. The highest BCUT2D eigenvalue weighted by Gasteiger charge is 2.36. The minimum absolute atomic E-state index is 0.187. The SMILES string of the molecule is O=C1c2ccccc2C(=O)N1CN1CC=C(c2ccccc2)CC1. The predicted octanol–water partition coefficient (Wildman–Crippen LogP) is 3.03. The highest BCUT2D eigenvalue weighted by molar-refractivity contribution is 6.21. The van der Waals surface area contributed by atoms with Crippen LogP contribution >= 0.6 is 0 Å². The van der Waals surface area contributed by atoms with E-state index >= 15 is 0 Å². The third-order valence-corrected chi connectivity index (χ3v) is 4.66. The van der Waals surface area contributed by atoms with Crippen molar-refractivity contribution in [3.8, 4) is 0 Å². The van der Waals surface area contributed by atoms with Gasteiger partial charge in [-0.15, -0.1) is 0 Å². The Labute approximate surface area is 141 Å². The van der Waals surface area contributed by atoms with Crippen LogP contribution in [-0.2, 0) is 0 Å². The van der Waals surface area contributed by atoms with Gasteiger partial charge in [0.15, 0.2) is 0 Å². The Hall–Kier alpha value is -2.72. The number of nitrogens with zero attached hydrogens (tertiary/aromatic N) is 2. The van der Waals surface area contributed by atoms with Gasteiger partial charge >= 0.3 is 0 Å². The Morgan fingerprint density at radius 1 is 0.833 bits per heavy atom. The number of fused-ring (bicyclic) bond motifs is 1. The van der Waals surface area contributed by atoms with Crippen LogP contribution in [0.4, 0.5) is 0 Å². The zero-order valence-electron chi connectivity index (χ0n) is 13.3.